The first-order valence-electron chi connectivity index (χ1n) is 7.15. The SMILES string of the molecule is CCC1CN(c2c(Cl)ccc3nsnc23)C(CC)CN1. The molecule has 0 aliphatic carbocycles. The molecular formula is C14H19ClN4S. The number of anilines is 1. The zero-order valence-electron chi connectivity index (χ0n) is 11.8. The van der Waals surface area contributed by atoms with Crippen LogP contribution in [-0.2, 0) is 0 Å². The lowest BCUT2D eigenvalue weighted by atomic mass is 10.0. The molecule has 1 fully saturated rings. The molecule has 0 saturated carbocycles. The summed E-state index contributed by atoms with van der Waals surface area (Å²) < 4.78 is 8.79. The highest BCUT2D eigenvalue weighted by atomic mass is 35.5. The van der Waals surface area contributed by atoms with E-state index in [1.807, 2.05) is 12.1 Å². The molecule has 2 aromatic rings. The van der Waals surface area contributed by atoms with Crippen molar-refractivity contribution in [3.8, 4) is 0 Å². The second kappa shape index (κ2) is 5.84. The molecular weight excluding hydrogens is 292 g/mol. The van der Waals surface area contributed by atoms with E-state index in [1.54, 1.807) is 0 Å². The quantitative estimate of drug-likeness (QED) is 0.944. The van der Waals surface area contributed by atoms with E-state index in [4.69, 9.17) is 11.6 Å². The molecule has 2 atom stereocenters. The van der Waals surface area contributed by atoms with Gasteiger partial charge in [0.2, 0.25) is 0 Å². The Morgan fingerprint density at radius 3 is 2.95 bits per heavy atom. The van der Waals surface area contributed by atoms with Gasteiger partial charge in [0, 0.05) is 25.2 Å². The van der Waals surface area contributed by atoms with Crippen molar-refractivity contribution < 1.29 is 0 Å². The van der Waals surface area contributed by atoms with Crippen molar-refractivity contribution in [2.75, 3.05) is 18.0 Å². The lowest BCUT2D eigenvalue weighted by Crippen LogP contribution is -2.56. The van der Waals surface area contributed by atoms with Crippen molar-refractivity contribution in [2.45, 2.75) is 38.8 Å². The van der Waals surface area contributed by atoms with Gasteiger partial charge >= 0.3 is 0 Å². The topological polar surface area (TPSA) is 41.1 Å². The monoisotopic (exact) mass is 310 g/mol. The molecule has 1 aliphatic rings. The normalized spacial score (nSPS) is 23.4. The van der Waals surface area contributed by atoms with E-state index in [1.165, 1.54) is 11.7 Å². The molecule has 1 saturated heterocycles. The fraction of sp³-hybridized carbons (Fsp3) is 0.571. The van der Waals surface area contributed by atoms with E-state index in [-0.39, 0.29) is 0 Å². The third-order valence-corrected chi connectivity index (χ3v) is 4.95. The Balaban J connectivity index is 2.06. The van der Waals surface area contributed by atoms with Gasteiger partial charge in [-0.05, 0) is 25.0 Å². The average Bonchev–Trinajstić information content (AvgIpc) is 2.95. The number of hydrogen-bond donors (Lipinski definition) is 1. The van der Waals surface area contributed by atoms with Gasteiger partial charge < -0.3 is 10.2 Å². The summed E-state index contributed by atoms with van der Waals surface area (Å²) in [6.07, 6.45) is 2.21. The number of piperazine rings is 1. The molecule has 0 radical (unpaired) electrons. The number of hydrogen-bond acceptors (Lipinski definition) is 5. The van der Waals surface area contributed by atoms with Crippen LogP contribution in [0.15, 0.2) is 12.1 Å². The van der Waals surface area contributed by atoms with Gasteiger partial charge in [0.15, 0.2) is 0 Å². The molecule has 6 heteroatoms. The van der Waals surface area contributed by atoms with Crippen molar-refractivity contribution in [2.24, 2.45) is 0 Å². The van der Waals surface area contributed by atoms with Crippen molar-refractivity contribution in [3.63, 3.8) is 0 Å². The van der Waals surface area contributed by atoms with Gasteiger partial charge in [-0.1, -0.05) is 25.4 Å². The first-order valence-corrected chi connectivity index (χ1v) is 8.26. The number of halogens is 1. The Kier molecular flexibility index (Phi) is 4.10. The first kappa shape index (κ1) is 14.0. The van der Waals surface area contributed by atoms with Gasteiger partial charge in [-0.3, -0.25) is 0 Å². The molecule has 0 bridgehead atoms. The number of nitrogens with zero attached hydrogens (tertiary/aromatic N) is 3. The maximum Gasteiger partial charge on any atom is 0.129 e. The molecule has 1 aliphatic heterocycles. The molecule has 2 unspecified atom stereocenters. The maximum absolute atomic E-state index is 6.48. The molecule has 1 N–H and O–H groups in total. The van der Waals surface area contributed by atoms with Crippen LogP contribution in [0.2, 0.25) is 5.02 Å². The highest BCUT2D eigenvalue weighted by molar-refractivity contribution is 7.00. The van der Waals surface area contributed by atoms with Crippen molar-refractivity contribution >= 4 is 40.0 Å². The Bertz CT molecular complexity index is 600. The maximum atomic E-state index is 6.48. The van der Waals surface area contributed by atoms with Crippen LogP contribution in [0.3, 0.4) is 0 Å². The minimum atomic E-state index is 0.461. The summed E-state index contributed by atoms with van der Waals surface area (Å²) in [6, 6.07) is 4.86. The van der Waals surface area contributed by atoms with Gasteiger partial charge in [-0.25, -0.2) is 0 Å². The summed E-state index contributed by atoms with van der Waals surface area (Å²) in [7, 11) is 0. The van der Waals surface area contributed by atoms with Crippen molar-refractivity contribution in [1.29, 1.82) is 0 Å². The zero-order chi connectivity index (χ0) is 14.1. The second-order valence-corrected chi connectivity index (χ2v) is 6.19. The Labute approximate surface area is 128 Å². The second-order valence-electron chi connectivity index (χ2n) is 5.26. The number of fused-ring (bicyclic) bond motifs is 1. The molecule has 0 spiro atoms. The number of rotatable bonds is 3. The van der Waals surface area contributed by atoms with Crippen LogP contribution in [0.1, 0.15) is 26.7 Å². The average molecular weight is 311 g/mol. The van der Waals surface area contributed by atoms with Gasteiger partial charge in [0.25, 0.3) is 0 Å². The molecule has 1 aromatic carbocycles. The van der Waals surface area contributed by atoms with Crippen LogP contribution in [-0.4, -0.2) is 33.9 Å². The van der Waals surface area contributed by atoms with Crippen LogP contribution in [0.5, 0.6) is 0 Å². The molecule has 2 heterocycles. The van der Waals surface area contributed by atoms with Crippen molar-refractivity contribution in [1.82, 2.24) is 14.1 Å². The van der Waals surface area contributed by atoms with E-state index in [0.717, 1.165) is 47.7 Å². The summed E-state index contributed by atoms with van der Waals surface area (Å²) in [5.41, 5.74) is 2.94. The summed E-state index contributed by atoms with van der Waals surface area (Å²) in [6.45, 7) is 6.41. The van der Waals surface area contributed by atoms with Gasteiger partial charge in [-0.15, -0.1) is 0 Å². The molecule has 108 valence electrons. The smallest absolute Gasteiger partial charge is 0.129 e. The number of aromatic nitrogens is 2. The van der Waals surface area contributed by atoms with Crippen LogP contribution in [0, 0.1) is 0 Å². The van der Waals surface area contributed by atoms with Gasteiger partial charge in [0.1, 0.15) is 11.0 Å². The fourth-order valence-corrected chi connectivity index (χ4v) is 3.66. The summed E-state index contributed by atoms with van der Waals surface area (Å²) in [5.74, 6) is 0. The van der Waals surface area contributed by atoms with Gasteiger partial charge in [0.05, 0.1) is 22.4 Å². The highest BCUT2D eigenvalue weighted by Gasteiger charge is 2.29. The minimum Gasteiger partial charge on any atom is -0.363 e. The first-order chi connectivity index (χ1) is 9.74. The van der Waals surface area contributed by atoms with E-state index in [9.17, 15) is 0 Å². The van der Waals surface area contributed by atoms with E-state index in [0.29, 0.717) is 12.1 Å². The highest BCUT2D eigenvalue weighted by Crippen LogP contribution is 2.35. The Morgan fingerprint density at radius 2 is 2.20 bits per heavy atom. The summed E-state index contributed by atoms with van der Waals surface area (Å²) in [5, 5.41) is 4.39. The minimum absolute atomic E-state index is 0.461. The van der Waals surface area contributed by atoms with Crippen LogP contribution in [0.4, 0.5) is 5.69 Å². The van der Waals surface area contributed by atoms with E-state index < -0.39 is 0 Å². The molecule has 0 amide bonds. The van der Waals surface area contributed by atoms with Gasteiger partial charge in [-0.2, -0.15) is 8.75 Å². The summed E-state index contributed by atoms with van der Waals surface area (Å²) in [4.78, 5) is 2.43. The number of benzene rings is 1. The Morgan fingerprint density at radius 1 is 1.35 bits per heavy atom. The Hall–Kier alpha value is -0.910. The number of nitrogens with one attached hydrogen (secondary N) is 1. The predicted octanol–water partition coefficient (Wildman–Crippen LogP) is 3.31. The molecule has 20 heavy (non-hydrogen) atoms. The van der Waals surface area contributed by atoms with E-state index in [2.05, 4.69) is 32.8 Å². The van der Waals surface area contributed by atoms with E-state index >= 15 is 0 Å². The fourth-order valence-electron chi connectivity index (χ4n) is 2.86. The van der Waals surface area contributed by atoms with Crippen LogP contribution in [0.25, 0.3) is 11.0 Å². The van der Waals surface area contributed by atoms with Crippen LogP contribution >= 0.6 is 23.3 Å². The largest absolute Gasteiger partial charge is 0.363 e. The lowest BCUT2D eigenvalue weighted by Gasteiger charge is -2.41. The van der Waals surface area contributed by atoms with Crippen LogP contribution < -0.4 is 10.2 Å². The van der Waals surface area contributed by atoms with Crippen molar-refractivity contribution in [3.05, 3.63) is 17.2 Å². The lowest BCUT2D eigenvalue weighted by molar-refractivity contribution is 0.379. The summed E-state index contributed by atoms with van der Waals surface area (Å²) >= 11 is 7.74. The third-order valence-electron chi connectivity index (χ3n) is 4.10. The molecule has 3 rings (SSSR count). The predicted molar refractivity (Wildman–Crippen MR) is 85.9 cm³/mol. The zero-order valence-corrected chi connectivity index (χ0v) is 13.3. The molecule has 4 nitrogen and oxygen atoms in total. The molecule has 1 aromatic heterocycles. The standard InChI is InChI=1S/C14H19ClN4S/c1-3-9-8-19(10(4-2)7-16-9)14-11(15)5-6-12-13(14)18-20-17-12/h5-6,9-10,16H,3-4,7-8H2,1-2H3. The third kappa shape index (κ3) is 2.38.